The molecular formula is C26H28O. The smallest absolute Gasteiger partial charge is 0.123 e. The molecule has 0 aliphatic heterocycles. The number of aromatic hydroxyl groups is 1. The van der Waals surface area contributed by atoms with Crippen LogP contribution in [0.3, 0.4) is 0 Å². The van der Waals surface area contributed by atoms with Crippen LogP contribution < -0.4 is 0 Å². The molecule has 1 aliphatic carbocycles. The lowest BCUT2D eigenvalue weighted by atomic mass is 9.92. The molecule has 138 valence electrons. The highest BCUT2D eigenvalue weighted by molar-refractivity contribution is 5.75. The second kappa shape index (κ2) is 8.43. The number of rotatable bonds is 2. The van der Waals surface area contributed by atoms with Crippen LogP contribution in [0.4, 0.5) is 0 Å². The maximum absolute atomic E-state index is 10.1. The minimum absolute atomic E-state index is 0.334. The van der Waals surface area contributed by atoms with Crippen molar-refractivity contribution >= 4 is 0 Å². The first-order valence-corrected chi connectivity index (χ1v) is 10.3. The number of phenols is 1. The van der Waals surface area contributed by atoms with Crippen molar-refractivity contribution in [1.29, 1.82) is 0 Å². The van der Waals surface area contributed by atoms with E-state index < -0.39 is 0 Å². The summed E-state index contributed by atoms with van der Waals surface area (Å²) in [5.41, 5.74) is 7.55. The van der Waals surface area contributed by atoms with E-state index in [9.17, 15) is 5.11 Å². The van der Waals surface area contributed by atoms with E-state index in [1.165, 1.54) is 73.6 Å². The van der Waals surface area contributed by atoms with Gasteiger partial charge in [-0.25, -0.2) is 0 Å². The summed E-state index contributed by atoms with van der Waals surface area (Å²) in [6, 6.07) is 23.2. The molecule has 3 aromatic carbocycles. The normalized spacial score (nSPS) is 15.1. The van der Waals surface area contributed by atoms with E-state index in [0.29, 0.717) is 5.75 Å². The predicted octanol–water partition coefficient (Wildman–Crippen LogP) is 7.17. The van der Waals surface area contributed by atoms with Crippen molar-refractivity contribution in [3.63, 3.8) is 0 Å². The van der Waals surface area contributed by atoms with Gasteiger partial charge < -0.3 is 5.11 Å². The van der Waals surface area contributed by atoms with Crippen molar-refractivity contribution in [3.05, 3.63) is 77.9 Å². The van der Waals surface area contributed by atoms with Crippen LogP contribution in [0.1, 0.15) is 49.7 Å². The third kappa shape index (κ3) is 4.24. The molecule has 0 heterocycles. The van der Waals surface area contributed by atoms with Gasteiger partial charge in [-0.1, -0.05) is 86.3 Å². The predicted molar refractivity (Wildman–Crippen MR) is 114 cm³/mol. The Morgan fingerprint density at radius 1 is 0.556 bits per heavy atom. The summed E-state index contributed by atoms with van der Waals surface area (Å²) in [5.74, 6) is 0.334. The van der Waals surface area contributed by atoms with Gasteiger partial charge in [0, 0.05) is 5.56 Å². The Kier molecular flexibility index (Phi) is 5.58. The van der Waals surface area contributed by atoms with E-state index in [4.69, 9.17) is 0 Å². The van der Waals surface area contributed by atoms with Gasteiger partial charge in [0.15, 0.2) is 0 Å². The zero-order chi connectivity index (χ0) is 18.5. The minimum Gasteiger partial charge on any atom is -0.507 e. The third-order valence-electron chi connectivity index (χ3n) is 5.74. The number of hydrogen-bond donors (Lipinski definition) is 1. The molecule has 0 spiro atoms. The zero-order valence-corrected chi connectivity index (χ0v) is 16.0. The molecule has 4 rings (SSSR count). The Morgan fingerprint density at radius 3 is 1.93 bits per heavy atom. The van der Waals surface area contributed by atoms with Crippen LogP contribution >= 0.6 is 0 Å². The average Bonchev–Trinajstić information content (AvgIpc) is 2.74. The molecule has 0 radical (unpaired) electrons. The fourth-order valence-corrected chi connectivity index (χ4v) is 4.19. The first-order chi connectivity index (χ1) is 13.3. The lowest BCUT2D eigenvalue weighted by Crippen LogP contribution is -1.94. The molecule has 1 heteroatoms. The van der Waals surface area contributed by atoms with E-state index in [2.05, 4.69) is 42.5 Å². The number of benzene rings is 3. The van der Waals surface area contributed by atoms with Crippen molar-refractivity contribution in [2.75, 3.05) is 0 Å². The van der Waals surface area contributed by atoms with Crippen LogP contribution in [0.15, 0.2) is 66.7 Å². The highest BCUT2D eigenvalue weighted by Gasteiger charge is 2.09. The minimum atomic E-state index is 0.334. The van der Waals surface area contributed by atoms with Gasteiger partial charge in [0.25, 0.3) is 0 Å². The Hall–Kier alpha value is -2.54. The molecule has 0 atom stereocenters. The molecule has 0 saturated carbocycles. The molecule has 0 aromatic heterocycles. The first-order valence-electron chi connectivity index (χ1n) is 10.3. The summed E-state index contributed by atoms with van der Waals surface area (Å²) in [4.78, 5) is 0. The maximum Gasteiger partial charge on any atom is 0.123 e. The van der Waals surface area contributed by atoms with Crippen LogP contribution in [0.2, 0.25) is 0 Å². The van der Waals surface area contributed by atoms with Gasteiger partial charge in [0.2, 0.25) is 0 Å². The number of aryl methyl sites for hydroxylation is 2. The second-order valence-electron chi connectivity index (χ2n) is 7.71. The summed E-state index contributed by atoms with van der Waals surface area (Å²) in [5, 5.41) is 10.1. The molecule has 27 heavy (non-hydrogen) atoms. The van der Waals surface area contributed by atoms with E-state index >= 15 is 0 Å². The van der Waals surface area contributed by atoms with E-state index in [0.717, 1.165) is 11.1 Å². The lowest BCUT2D eigenvalue weighted by Gasteiger charge is -2.13. The van der Waals surface area contributed by atoms with Gasteiger partial charge in [0.1, 0.15) is 5.75 Å². The molecule has 0 unspecified atom stereocenters. The van der Waals surface area contributed by atoms with Gasteiger partial charge in [-0.15, -0.1) is 0 Å². The molecule has 3 aromatic rings. The fourth-order valence-electron chi connectivity index (χ4n) is 4.19. The number of phenolic OH excluding ortho intramolecular Hbond substituents is 1. The largest absolute Gasteiger partial charge is 0.507 e. The molecule has 2 bridgehead atoms. The highest BCUT2D eigenvalue weighted by Crippen LogP contribution is 2.32. The molecule has 1 aliphatic rings. The number of para-hydroxylation sites is 1. The highest BCUT2D eigenvalue weighted by atomic mass is 16.3. The summed E-state index contributed by atoms with van der Waals surface area (Å²) in [7, 11) is 0. The third-order valence-corrected chi connectivity index (χ3v) is 5.74. The summed E-state index contributed by atoms with van der Waals surface area (Å²) in [6.07, 6.45) is 10.4. The SMILES string of the molecule is Oc1ccccc1-c1ccc(-c2ccc3cc2CCCCCCCC3)cc1. The summed E-state index contributed by atoms with van der Waals surface area (Å²) >= 11 is 0. The summed E-state index contributed by atoms with van der Waals surface area (Å²) < 4.78 is 0. The Balaban J connectivity index is 1.64. The van der Waals surface area contributed by atoms with Crippen LogP contribution in [-0.4, -0.2) is 5.11 Å². The Morgan fingerprint density at radius 2 is 1.19 bits per heavy atom. The van der Waals surface area contributed by atoms with Crippen LogP contribution in [0.25, 0.3) is 22.3 Å². The van der Waals surface area contributed by atoms with Crippen LogP contribution in [0.5, 0.6) is 5.75 Å². The molecule has 1 N–H and O–H groups in total. The molecule has 0 fully saturated rings. The first kappa shape index (κ1) is 17.9. The van der Waals surface area contributed by atoms with Crippen LogP contribution in [0, 0.1) is 0 Å². The Labute approximate surface area is 162 Å². The number of fused-ring (bicyclic) bond motifs is 2. The molecule has 0 saturated heterocycles. The van der Waals surface area contributed by atoms with Crippen molar-refractivity contribution in [2.45, 2.75) is 51.4 Å². The van der Waals surface area contributed by atoms with Crippen molar-refractivity contribution in [2.24, 2.45) is 0 Å². The van der Waals surface area contributed by atoms with Crippen molar-refractivity contribution < 1.29 is 5.11 Å². The lowest BCUT2D eigenvalue weighted by molar-refractivity contribution is 0.477. The Bertz CT molecular complexity index is 892. The van der Waals surface area contributed by atoms with Crippen molar-refractivity contribution in [1.82, 2.24) is 0 Å². The average molecular weight is 357 g/mol. The molecular weight excluding hydrogens is 328 g/mol. The van der Waals surface area contributed by atoms with Gasteiger partial charge in [-0.3, -0.25) is 0 Å². The number of hydrogen-bond acceptors (Lipinski definition) is 1. The van der Waals surface area contributed by atoms with E-state index in [-0.39, 0.29) is 0 Å². The van der Waals surface area contributed by atoms with Crippen LogP contribution in [-0.2, 0) is 12.8 Å². The summed E-state index contributed by atoms with van der Waals surface area (Å²) in [6.45, 7) is 0. The van der Waals surface area contributed by atoms with E-state index in [1.54, 1.807) is 6.07 Å². The quantitative estimate of drug-likeness (QED) is 0.516. The van der Waals surface area contributed by atoms with Gasteiger partial charge in [-0.2, -0.15) is 0 Å². The van der Waals surface area contributed by atoms with Gasteiger partial charge in [-0.05, 0) is 59.6 Å². The van der Waals surface area contributed by atoms with Gasteiger partial charge >= 0.3 is 0 Å². The maximum atomic E-state index is 10.1. The topological polar surface area (TPSA) is 20.2 Å². The van der Waals surface area contributed by atoms with Gasteiger partial charge in [0.05, 0.1) is 0 Å². The monoisotopic (exact) mass is 356 g/mol. The van der Waals surface area contributed by atoms with Crippen molar-refractivity contribution in [3.8, 4) is 28.0 Å². The zero-order valence-electron chi connectivity index (χ0n) is 16.0. The molecule has 1 nitrogen and oxygen atoms in total. The fraction of sp³-hybridized carbons (Fsp3) is 0.308. The second-order valence-corrected chi connectivity index (χ2v) is 7.71. The standard InChI is InChI=1S/C26H28O/c27-26-12-8-7-11-25(26)22-16-14-21(15-17-22)24-18-13-20-9-5-3-1-2-4-6-10-23(24)19-20/h7-8,11-19,27H,1-6,9-10H2. The molecule has 0 amide bonds. The van der Waals surface area contributed by atoms with E-state index in [1.807, 2.05) is 18.2 Å².